The molecule has 0 saturated heterocycles. The van der Waals surface area contributed by atoms with Gasteiger partial charge in [-0.15, -0.1) is 0 Å². The van der Waals surface area contributed by atoms with Gasteiger partial charge in [-0.05, 0) is 45.4 Å². The maximum atomic E-state index is 12.0. The number of rotatable bonds is 20. The van der Waals surface area contributed by atoms with Crippen molar-refractivity contribution in [1.82, 2.24) is 5.32 Å². The molecule has 1 unspecified atom stereocenters. The Hall–Kier alpha value is -1.85. The normalized spacial score (nSPS) is 12.1. The van der Waals surface area contributed by atoms with Crippen molar-refractivity contribution in [3.05, 3.63) is 12.2 Å². The Morgan fingerprint density at radius 1 is 0.867 bits per heavy atom. The average molecular weight is 423 g/mol. The van der Waals surface area contributed by atoms with Crippen LogP contribution in [-0.2, 0) is 9.59 Å². The van der Waals surface area contributed by atoms with Crippen LogP contribution in [0.1, 0.15) is 110 Å². The molecule has 0 aliphatic rings. The van der Waals surface area contributed by atoms with Gasteiger partial charge in [0.05, 0.1) is 6.04 Å². The Kier molecular flexibility index (Phi) is 19.2. The van der Waals surface area contributed by atoms with Crippen LogP contribution in [0.2, 0.25) is 0 Å². The van der Waals surface area contributed by atoms with E-state index in [-0.39, 0.29) is 17.6 Å². The fraction of sp³-hybridized carbons (Fsp3) is 0.792. The highest BCUT2D eigenvalue weighted by Gasteiger charge is 2.16. The van der Waals surface area contributed by atoms with Crippen molar-refractivity contribution in [3.63, 3.8) is 0 Å². The number of nitrogens with one attached hydrogen (secondary N) is 1. The molecule has 5 N–H and O–H groups in total. The summed E-state index contributed by atoms with van der Waals surface area (Å²) >= 11 is 0. The Balaban J connectivity index is 3.60. The predicted molar refractivity (Wildman–Crippen MR) is 127 cm³/mol. The molecule has 0 fully saturated rings. The van der Waals surface area contributed by atoms with Gasteiger partial charge in [-0.1, -0.05) is 70.4 Å². The summed E-state index contributed by atoms with van der Waals surface area (Å²) in [6.45, 7) is 4.06. The van der Waals surface area contributed by atoms with E-state index in [2.05, 4.69) is 29.4 Å². The Labute approximate surface area is 184 Å². The second-order valence-electron chi connectivity index (χ2n) is 8.16. The minimum absolute atomic E-state index is 0.00285. The topological polar surface area (TPSA) is 111 Å². The molecular formula is C24H46N4O2. The Morgan fingerprint density at radius 2 is 1.40 bits per heavy atom. The summed E-state index contributed by atoms with van der Waals surface area (Å²) in [5.41, 5.74) is 10.6. The van der Waals surface area contributed by atoms with Crippen molar-refractivity contribution >= 4 is 17.6 Å². The quantitative estimate of drug-likeness (QED) is 0.114. The number of guanidine groups is 1. The minimum atomic E-state index is -0.510. The number of nitrogens with two attached hydrogens (primary N) is 2. The SMILES string of the molecule is CCCCCCCC/C=C/CCCCCCCC(=O)NC(CCN=C(N)N)C(C)=O. The number of aliphatic imine (C=N–C) groups is 1. The number of carbonyl (C=O) groups is 2. The van der Waals surface area contributed by atoms with Crippen molar-refractivity contribution in [2.45, 2.75) is 116 Å². The van der Waals surface area contributed by atoms with Gasteiger partial charge >= 0.3 is 0 Å². The van der Waals surface area contributed by atoms with E-state index in [1.54, 1.807) is 0 Å². The number of nitrogens with zero attached hydrogens (tertiary/aromatic N) is 1. The first-order chi connectivity index (χ1) is 14.5. The molecule has 6 heteroatoms. The summed E-state index contributed by atoms with van der Waals surface area (Å²) in [6.07, 6.45) is 21.5. The zero-order chi connectivity index (χ0) is 22.5. The largest absolute Gasteiger partial charge is 0.370 e. The Morgan fingerprint density at radius 3 is 1.93 bits per heavy atom. The van der Waals surface area contributed by atoms with E-state index in [9.17, 15) is 9.59 Å². The van der Waals surface area contributed by atoms with E-state index in [4.69, 9.17) is 11.5 Å². The van der Waals surface area contributed by atoms with Crippen molar-refractivity contribution in [3.8, 4) is 0 Å². The number of allylic oxidation sites excluding steroid dienone is 2. The van der Waals surface area contributed by atoms with Gasteiger partial charge in [-0.25, -0.2) is 0 Å². The van der Waals surface area contributed by atoms with E-state index in [1.165, 1.54) is 64.7 Å². The highest BCUT2D eigenvalue weighted by atomic mass is 16.2. The third-order valence-electron chi connectivity index (χ3n) is 5.20. The van der Waals surface area contributed by atoms with Gasteiger partial charge in [0.1, 0.15) is 0 Å². The van der Waals surface area contributed by atoms with Gasteiger partial charge < -0.3 is 16.8 Å². The fourth-order valence-electron chi connectivity index (χ4n) is 3.32. The molecule has 0 aromatic rings. The zero-order valence-corrected chi connectivity index (χ0v) is 19.5. The average Bonchev–Trinajstić information content (AvgIpc) is 2.69. The molecule has 0 aromatic heterocycles. The molecule has 6 nitrogen and oxygen atoms in total. The van der Waals surface area contributed by atoms with Gasteiger partial charge in [0.2, 0.25) is 5.91 Å². The molecule has 0 rings (SSSR count). The highest BCUT2D eigenvalue weighted by molar-refractivity contribution is 5.87. The van der Waals surface area contributed by atoms with Gasteiger partial charge in [0, 0.05) is 13.0 Å². The summed E-state index contributed by atoms with van der Waals surface area (Å²) in [6, 6.07) is -0.510. The summed E-state index contributed by atoms with van der Waals surface area (Å²) < 4.78 is 0. The summed E-state index contributed by atoms with van der Waals surface area (Å²) in [5, 5.41) is 2.79. The van der Waals surface area contributed by atoms with E-state index >= 15 is 0 Å². The summed E-state index contributed by atoms with van der Waals surface area (Å²) in [7, 11) is 0. The summed E-state index contributed by atoms with van der Waals surface area (Å²) in [4.78, 5) is 27.5. The van der Waals surface area contributed by atoms with E-state index in [0.717, 1.165) is 25.7 Å². The molecule has 0 saturated carbocycles. The molecule has 0 heterocycles. The number of amides is 1. The maximum Gasteiger partial charge on any atom is 0.220 e. The lowest BCUT2D eigenvalue weighted by atomic mass is 10.1. The molecule has 0 aliphatic heterocycles. The molecule has 0 aliphatic carbocycles. The van der Waals surface area contributed by atoms with Crippen LogP contribution < -0.4 is 16.8 Å². The number of unbranched alkanes of at least 4 members (excludes halogenated alkanes) is 11. The predicted octanol–water partition coefficient (Wildman–Crippen LogP) is 4.76. The number of hydrogen-bond acceptors (Lipinski definition) is 3. The monoisotopic (exact) mass is 422 g/mol. The standard InChI is InChI=1S/C24H46N4O2/c1-3-4-5-6-7-8-9-10-11-12-13-14-15-16-17-18-23(30)28-22(21(2)29)19-20-27-24(25)26/h10-11,22H,3-9,12-20H2,1-2H3,(H,28,30)(H4,25,26,27)/b11-10+. The van der Waals surface area contributed by atoms with E-state index in [1.807, 2.05) is 0 Å². The minimum Gasteiger partial charge on any atom is -0.370 e. The van der Waals surface area contributed by atoms with Crippen LogP contribution in [0.25, 0.3) is 0 Å². The zero-order valence-electron chi connectivity index (χ0n) is 19.5. The van der Waals surface area contributed by atoms with Crippen LogP contribution in [0.4, 0.5) is 0 Å². The number of carbonyl (C=O) groups excluding carboxylic acids is 2. The van der Waals surface area contributed by atoms with Gasteiger partial charge in [-0.2, -0.15) is 0 Å². The van der Waals surface area contributed by atoms with Crippen LogP contribution in [0.3, 0.4) is 0 Å². The summed E-state index contributed by atoms with van der Waals surface area (Å²) in [5.74, 6) is -0.145. The number of ketones is 1. The number of Topliss-reactive ketones (excluding diaryl/α,β-unsaturated/α-hetero) is 1. The van der Waals surface area contributed by atoms with Gasteiger partial charge in [0.25, 0.3) is 0 Å². The second-order valence-corrected chi connectivity index (χ2v) is 8.16. The molecule has 30 heavy (non-hydrogen) atoms. The lowest BCUT2D eigenvalue weighted by Crippen LogP contribution is -2.40. The van der Waals surface area contributed by atoms with Gasteiger partial charge in [-0.3, -0.25) is 14.6 Å². The van der Waals surface area contributed by atoms with Crippen LogP contribution in [0, 0.1) is 0 Å². The van der Waals surface area contributed by atoms with Crippen molar-refractivity contribution in [2.75, 3.05) is 6.54 Å². The molecule has 1 atom stereocenters. The molecule has 0 radical (unpaired) electrons. The van der Waals surface area contributed by atoms with Crippen LogP contribution in [-0.4, -0.2) is 30.2 Å². The first-order valence-corrected chi connectivity index (χ1v) is 12.0. The first-order valence-electron chi connectivity index (χ1n) is 12.0. The fourth-order valence-corrected chi connectivity index (χ4v) is 3.32. The smallest absolute Gasteiger partial charge is 0.220 e. The van der Waals surface area contributed by atoms with Gasteiger partial charge in [0.15, 0.2) is 11.7 Å². The van der Waals surface area contributed by atoms with Crippen LogP contribution in [0.5, 0.6) is 0 Å². The molecule has 0 aromatic carbocycles. The van der Waals surface area contributed by atoms with Crippen LogP contribution in [0.15, 0.2) is 17.1 Å². The molecule has 174 valence electrons. The second kappa shape index (κ2) is 20.4. The van der Waals surface area contributed by atoms with Crippen molar-refractivity contribution in [2.24, 2.45) is 16.5 Å². The van der Waals surface area contributed by atoms with Crippen LogP contribution >= 0.6 is 0 Å². The lowest BCUT2D eigenvalue weighted by Gasteiger charge is -2.14. The molecule has 0 spiro atoms. The van der Waals surface area contributed by atoms with Crippen molar-refractivity contribution in [1.29, 1.82) is 0 Å². The first kappa shape index (κ1) is 28.1. The third kappa shape index (κ3) is 19.5. The number of hydrogen-bond donors (Lipinski definition) is 3. The van der Waals surface area contributed by atoms with E-state index < -0.39 is 6.04 Å². The molecule has 1 amide bonds. The lowest BCUT2D eigenvalue weighted by molar-refractivity contribution is -0.127. The molecule has 0 bridgehead atoms. The van der Waals surface area contributed by atoms with E-state index in [0.29, 0.717) is 19.4 Å². The molecular weight excluding hydrogens is 376 g/mol. The Bertz CT molecular complexity index is 499. The highest BCUT2D eigenvalue weighted by Crippen LogP contribution is 2.10. The maximum absolute atomic E-state index is 12.0. The third-order valence-corrected chi connectivity index (χ3v) is 5.20. The van der Waals surface area contributed by atoms with Crippen molar-refractivity contribution < 1.29 is 9.59 Å².